The molecule has 0 atom stereocenters. The number of nitrogens with zero attached hydrogens (tertiary/aromatic N) is 8. The zero-order valence-electron chi connectivity index (χ0n) is 27.8. The summed E-state index contributed by atoms with van der Waals surface area (Å²) >= 11 is 0. The lowest BCUT2D eigenvalue weighted by Gasteiger charge is -2.36. The van der Waals surface area contributed by atoms with Crippen molar-refractivity contribution in [2.24, 2.45) is 0 Å². The fourth-order valence-corrected chi connectivity index (χ4v) is 5.97. The first-order chi connectivity index (χ1) is 23.7. The Hall–Kier alpha value is -4.97. The molecular formula is C32H36F3N9O5S. The summed E-state index contributed by atoms with van der Waals surface area (Å²) in [4.78, 5) is 41.4. The van der Waals surface area contributed by atoms with Crippen LogP contribution in [-0.2, 0) is 20.8 Å². The van der Waals surface area contributed by atoms with Crippen molar-refractivity contribution in [1.29, 1.82) is 0 Å². The van der Waals surface area contributed by atoms with Gasteiger partial charge in [-0.15, -0.1) is 0 Å². The van der Waals surface area contributed by atoms with Gasteiger partial charge in [-0.05, 0) is 58.0 Å². The average molecular weight is 716 g/mol. The topological polar surface area (TPSA) is 166 Å². The van der Waals surface area contributed by atoms with Crippen molar-refractivity contribution in [2.75, 3.05) is 50.8 Å². The van der Waals surface area contributed by atoms with E-state index in [9.17, 15) is 26.4 Å². The molecule has 4 aromatic heterocycles. The lowest BCUT2D eigenvalue weighted by Crippen LogP contribution is -2.45. The molecule has 266 valence electrons. The Labute approximate surface area is 287 Å². The number of alkyl halides is 3. The normalized spacial score (nSPS) is 16.6. The van der Waals surface area contributed by atoms with E-state index in [1.54, 1.807) is 24.7 Å². The third kappa shape index (κ3) is 8.97. The molecule has 14 nitrogen and oxygen atoms in total. The molecule has 0 saturated heterocycles. The summed E-state index contributed by atoms with van der Waals surface area (Å²) in [5, 5.41) is 3.12. The molecule has 1 N–H and O–H groups in total. The molecule has 0 aromatic carbocycles. The highest BCUT2D eigenvalue weighted by atomic mass is 32.2. The van der Waals surface area contributed by atoms with Crippen LogP contribution in [0.3, 0.4) is 0 Å². The van der Waals surface area contributed by atoms with Crippen LogP contribution in [0, 0.1) is 0 Å². The van der Waals surface area contributed by atoms with Gasteiger partial charge in [0.1, 0.15) is 18.0 Å². The van der Waals surface area contributed by atoms with Crippen molar-refractivity contribution in [3.63, 3.8) is 0 Å². The summed E-state index contributed by atoms with van der Waals surface area (Å²) in [7, 11) is 1.48. The van der Waals surface area contributed by atoms with Crippen LogP contribution in [0.15, 0.2) is 60.3 Å². The molecule has 0 unspecified atom stereocenters. The van der Waals surface area contributed by atoms with Gasteiger partial charge in [0.2, 0.25) is 5.95 Å². The molecule has 4 aromatic rings. The number of halogens is 3. The number of amides is 1. The van der Waals surface area contributed by atoms with Gasteiger partial charge < -0.3 is 19.7 Å². The molecule has 1 aliphatic carbocycles. The molecule has 0 radical (unpaired) electrons. The van der Waals surface area contributed by atoms with Gasteiger partial charge in [0.05, 0.1) is 17.7 Å². The lowest BCUT2D eigenvalue weighted by molar-refractivity contribution is -0.137. The van der Waals surface area contributed by atoms with E-state index < -0.39 is 33.4 Å². The van der Waals surface area contributed by atoms with Crippen molar-refractivity contribution in [3.8, 4) is 28.4 Å². The molecule has 0 spiro atoms. The van der Waals surface area contributed by atoms with E-state index in [1.165, 1.54) is 12.0 Å². The number of anilines is 2. The number of aromatic nitrogens is 6. The standard InChI is InChI=1S/C32H36F3N9O5S/c1-43(2)11-12-49-31(45)44(27-10-5-20(15-37-27)22-16-39-30(48-3)40-17-22)24-8-6-23(7-9-24)41-29-38-19-26(32(33,34)35)28(42-29)21-13-25(18-36-14-21)50(4,46)47/h5,10,13-19,23-24H,6-9,11-12H2,1-4H3,(H,38,41,42). The smallest absolute Gasteiger partial charge is 0.419 e. The molecule has 4 heterocycles. The van der Waals surface area contributed by atoms with Crippen LogP contribution in [0.1, 0.15) is 31.2 Å². The number of pyridine rings is 2. The average Bonchev–Trinajstić information content (AvgIpc) is 3.08. The summed E-state index contributed by atoms with van der Waals surface area (Å²) in [6, 6.07) is 4.36. The molecule has 1 amide bonds. The molecule has 1 aliphatic rings. The number of nitrogens with one attached hydrogen (secondary N) is 1. The number of carbonyl (C=O) groups excluding carboxylic acids is 1. The monoisotopic (exact) mass is 715 g/mol. The molecule has 18 heteroatoms. The van der Waals surface area contributed by atoms with E-state index >= 15 is 0 Å². The van der Waals surface area contributed by atoms with Crippen LogP contribution >= 0.6 is 0 Å². The Bertz CT molecular complexity index is 1890. The van der Waals surface area contributed by atoms with E-state index in [1.807, 2.05) is 25.1 Å². The number of likely N-dealkylation sites (N-methyl/N-ethyl adjacent to an activating group) is 1. The second kappa shape index (κ2) is 15.3. The summed E-state index contributed by atoms with van der Waals surface area (Å²) in [6.07, 6.45) is 5.37. The first-order valence-electron chi connectivity index (χ1n) is 15.5. The number of hydrogen-bond acceptors (Lipinski definition) is 13. The van der Waals surface area contributed by atoms with Gasteiger partial charge in [-0.1, -0.05) is 0 Å². The number of sulfone groups is 1. The number of rotatable bonds is 11. The molecule has 1 saturated carbocycles. The maximum absolute atomic E-state index is 13.9. The van der Waals surface area contributed by atoms with E-state index in [-0.39, 0.29) is 41.1 Å². The molecular weight excluding hydrogens is 679 g/mol. The molecule has 0 aliphatic heterocycles. The predicted octanol–water partition coefficient (Wildman–Crippen LogP) is 4.75. The van der Waals surface area contributed by atoms with Gasteiger partial charge in [-0.3, -0.25) is 9.88 Å². The van der Waals surface area contributed by atoms with Gasteiger partial charge in [0.25, 0.3) is 0 Å². The minimum absolute atomic E-state index is 0.0547. The fraction of sp³-hybridized carbons (Fsp3) is 0.406. The van der Waals surface area contributed by atoms with Gasteiger partial charge in [-0.2, -0.15) is 13.2 Å². The zero-order chi connectivity index (χ0) is 36.1. The van der Waals surface area contributed by atoms with Crippen LogP contribution in [0.4, 0.5) is 29.7 Å². The van der Waals surface area contributed by atoms with Crippen molar-refractivity contribution >= 4 is 27.7 Å². The number of ether oxygens (including phenoxy) is 2. The fourth-order valence-electron chi connectivity index (χ4n) is 5.38. The highest BCUT2D eigenvalue weighted by molar-refractivity contribution is 7.90. The van der Waals surface area contributed by atoms with Crippen molar-refractivity contribution in [1.82, 2.24) is 34.8 Å². The van der Waals surface area contributed by atoms with Gasteiger partial charge in [0.15, 0.2) is 9.84 Å². The van der Waals surface area contributed by atoms with Gasteiger partial charge in [-0.25, -0.2) is 38.1 Å². The Morgan fingerprint density at radius 1 is 0.940 bits per heavy atom. The Kier molecular flexibility index (Phi) is 11.1. The SMILES string of the molecule is COc1ncc(-c2ccc(N(C(=O)OCCN(C)C)C3CCC(Nc4ncc(C(F)(F)F)c(-c5cncc(S(C)(=O)=O)c5)n4)CC3)nc2)cn1. The van der Waals surface area contributed by atoms with Gasteiger partial charge in [0, 0.05) is 78.8 Å². The summed E-state index contributed by atoms with van der Waals surface area (Å²) in [5.41, 5.74) is -0.287. The minimum Gasteiger partial charge on any atom is -0.467 e. The summed E-state index contributed by atoms with van der Waals surface area (Å²) in [6.45, 7) is 0.709. The van der Waals surface area contributed by atoms with Crippen molar-refractivity contribution in [3.05, 3.63) is 60.9 Å². The van der Waals surface area contributed by atoms with Crippen LogP contribution < -0.4 is 15.0 Å². The van der Waals surface area contributed by atoms with Crippen LogP contribution in [0.25, 0.3) is 22.4 Å². The van der Waals surface area contributed by atoms with Crippen LogP contribution in [0.5, 0.6) is 6.01 Å². The number of methoxy groups -OCH3 is 1. The van der Waals surface area contributed by atoms with Crippen molar-refractivity contribution < 1.29 is 35.9 Å². The summed E-state index contributed by atoms with van der Waals surface area (Å²) < 4.78 is 76.5. The molecule has 5 rings (SSSR count). The maximum Gasteiger partial charge on any atom is 0.419 e. The third-order valence-corrected chi connectivity index (χ3v) is 9.08. The highest BCUT2D eigenvalue weighted by Gasteiger charge is 2.36. The first kappa shape index (κ1) is 36.3. The van der Waals surface area contributed by atoms with E-state index in [0.29, 0.717) is 49.8 Å². The molecule has 50 heavy (non-hydrogen) atoms. The zero-order valence-corrected chi connectivity index (χ0v) is 28.6. The quantitative estimate of drug-likeness (QED) is 0.226. The lowest BCUT2D eigenvalue weighted by atomic mass is 9.90. The minimum atomic E-state index is -4.80. The van der Waals surface area contributed by atoms with Crippen LogP contribution in [-0.4, -0.2) is 102 Å². The Morgan fingerprint density at radius 2 is 1.64 bits per heavy atom. The predicted molar refractivity (Wildman–Crippen MR) is 177 cm³/mol. The number of hydrogen-bond donors (Lipinski definition) is 1. The van der Waals surface area contributed by atoms with E-state index in [4.69, 9.17) is 9.47 Å². The van der Waals surface area contributed by atoms with Gasteiger partial charge >= 0.3 is 18.3 Å². The molecule has 0 bridgehead atoms. The second-order valence-corrected chi connectivity index (χ2v) is 14.0. The van der Waals surface area contributed by atoms with Crippen molar-refractivity contribution in [2.45, 2.75) is 48.8 Å². The molecule has 1 fully saturated rings. The highest BCUT2D eigenvalue weighted by Crippen LogP contribution is 2.37. The Morgan fingerprint density at radius 3 is 2.24 bits per heavy atom. The number of carbonyl (C=O) groups is 1. The Balaban J connectivity index is 1.33. The van der Waals surface area contributed by atoms with E-state index in [0.717, 1.165) is 30.3 Å². The first-order valence-corrected chi connectivity index (χ1v) is 17.4. The van der Waals surface area contributed by atoms with E-state index in [2.05, 4.69) is 35.2 Å². The maximum atomic E-state index is 13.9. The summed E-state index contributed by atoms with van der Waals surface area (Å²) in [5.74, 6) is 0.344. The third-order valence-electron chi connectivity index (χ3n) is 8.00. The second-order valence-electron chi connectivity index (χ2n) is 11.9. The largest absolute Gasteiger partial charge is 0.467 e. The van der Waals surface area contributed by atoms with Crippen LogP contribution in [0.2, 0.25) is 0 Å².